The van der Waals surface area contributed by atoms with Crippen molar-refractivity contribution in [3.63, 3.8) is 0 Å². The minimum Gasteiger partial charge on any atom is -0.483 e. The first-order valence-corrected chi connectivity index (χ1v) is 13.3. The maximum absolute atomic E-state index is 12.9. The summed E-state index contributed by atoms with van der Waals surface area (Å²) in [5.74, 6) is 0.277. The lowest BCUT2D eigenvalue weighted by atomic mass is 10.1. The van der Waals surface area contributed by atoms with E-state index in [0.29, 0.717) is 27.9 Å². The average Bonchev–Trinajstić information content (AvgIpc) is 2.74. The minimum absolute atomic E-state index is 0.0175. The summed E-state index contributed by atoms with van der Waals surface area (Å²) < 4.78 is 17.0. The van der Waals surface area contributed by atoms with Gasteiger partial charge in [-0.3, -0.25) is 14.3 Å². The number of hydrogen-bond acceptors (Lipinski definition) is 4. The largest absolute Gasteiger partial charge is 0.483 e. The van der Waals surface area contributed by atoms with Crippen LogP contribution in [-0.2, 0) is 22.3 Å². The summed E-state index contributed by atoms with van der Waals surface area (Å²) >= 11 is 12.0. The Hall–Kier alpha value is -1.60. The highest BCUT2D eigenvalue weighted by Gasteiger charge is 2.32. The molecule has 33 heavy (non-hydrogen) atoms. The number of rotatable bonds is 8. The van der Waals surface area contributed by atoms with E-state index >= 15 is 0 Å². The van der Waals surface area contributed by atoms with Crippen molar-refractivity contribution in [2.75, 3.05) is 25.9 Å². The zero-order valence-electron chi connectivity index (χ0n) is 18.7. The Morgan fingerprint density at radius 2 is 1.73 bits per heavy atom. The zero-order chi connectivity index (χ0) is 24.2. The molecule has 7 nitrogen and oxygen atoms in total. The maximum Gasteiger partial charge on any atom is 0.325 e. The Balaban J connectivity index is 1.59. The van der Waals surface area contributed by atoms with E-state index in [1.807, 2.05) is 36.1 Å². The topological polar surface area (TPSA) is 90.3 Å². The molecule has 1 saturated heterocycles. The van der Waals surface area contributed by atoms with E-state index in [2.05, 4.69) is 11.8 Å². The third-order valence-electron chi connectivity index (χ3n) is 5.78. The molecule has 2 N–H and O–H groups in total. The average molecular weight is 515 g/mol. The van der Waals surface area contributed by atoms with Gasteiger partial charge in [0.15, 0.2) is 6.61 Å². The van der Waals surface area contributed by atoms with Crippen LogP contribution in [0.2, 0.25) is 10.0 Å². The maximum atomic E-state index is 12.9. The Labute approximate surface area is 204 Å². The molecular formula is C23H29Cl2N2O5P. The zero-order valence-corrected chi connectivity index (χ0v) is 21.1. The Morgan fingerprint density at radius 3 is 2.39 bits per heavy atom. The van der Waals surface area contributed by atoms with E-state index in [0.717, 1.165) is 13.1 Å². The number of nitrogens with zero attached hydrogens (tertiary/aromatic N) is 2. The minimum atomic E-state index is -4.16. The number of carbonyl (C=O) groups is 1. The molecule has 2 aromatic carbocycles. The van der Waals surface area contributed by atoms with Crippen molar-refractivity contribution in [1.29, 1.82) is 0 Å². The summed E-state index contributed by atoms with van der Waals surface area (Å²) in [5, 5.41) is 1.15. The predicted molar refractivity (Wildman–Crippen MR) is 130 cm³/mol. The molecule has 0 saturated carbocycles. The van der Waals surface area contributed by atoms with E-state index in [4.69, 9.17) is 27.9 Å². The van der Waals surface area contributed by atoms with Gasteiger partial charge in [-0.15, -0.1) is 0 Å². The first-order valence-electron chi connectivity index (χ1n) is 10.8. The summed E-state index contributed by atoms with van der Waals surface area (Å²) in [4.78, 5) is 35.5. The van der Waals surface area contributed by atoms with Crippen molar-refractivity contribution < 1.29 is 23.9 Å². The highest BCUT2D eigenvalue weighted by atomic mass is 35.5. The molecule has 0 bridgehead atoms. The lowest BCUT2D eigenvalue weighted by Gasteiger charge is -2.44. The highest BCUT2D eigenvalue weighted by molar-refractivity contribution is 7.51. The summed E-state index contributed by atoms with van der Waals surface area (Å²) in [6, 6.07) is 12.8. The van der Waals surface area contributed by atoms with Gasteiger partial charge in [0.05, 0.1) is 6.16 Å². The van der Waals surface area contributed by atoms with Gasteiger partial charge in [-0.05, 0) is 61.7 Å². The summed E-state index contributed by atoms with van der Waals surface area (Å²) in [6.45, 7) is 6.08. The third-order valence-corrected chi connectivity index (χ3v) is 7.07. The SMILES string of the molecule is C[C@@H]1CN(Cc2ccc(Cl)cc2)[C@@H](C)CN1C(=O)COc1ccc(Cl)cc1CCP(=O)(O)O. The smallest absolute Gasteiger partial charge is 0.325 e. The molecule has 10 heteroatoms. The number of benzene rings is 2. The van der Waals surface area contributed by atoms with Gasteiger partial charge >= 0.3 is 7.60 Å². The van der Waals surface area contributed by atoms with Crippen LogP contribution in [0.25, 0.3) is 0 Å². The van der Waals surface area contributed by atoms with Gasteiger partial charge in [-0.1, -0.05) is 35.3 Å². The van der Waals surface area contributed by atoms with Crippen LogP contribution in [0.3, 0.4) is 0 Å². The van der Waals surface area contributed by atoms with Crippen LogP contribution in [0.15, 0.2) is 42.5 Å². The Kier molecular flexibility index (Phi) is 8.84. The number of halogens is 2. The number of ether oxygens (including phenoxy) is 1. The molecule has 1 heterocycles. The normalized spacial score (nSPS) is 19.5. The molecular weight excluding hydrogens is 486 g/mol. The first-order chi connectivity index (χ1) is 15.5. The lowest BCUT2D eigenvalue weighted by molar-refractivity contribution is -0.139. The molecule has 2 aromatic rings. The second-order valence-electron chi connectivity index (χ2n) is 8.48. The monoisotopic (exact) mass is 514 g/mol. The quantitative estimate of drug-likeness (QED) is 0.512. The molecule has 0 unspecified atom stereocenters. The van der Waals surface area contributed by atoms with E-state index in [-0.39, 0.29) is 37.2 Å². The molecule has 1 aliphatic heterocycles. The number of carbonyl (C=O) groups excluding carboxylic acids is 1. The predicted octanol–water partition coefficient (Wildman–Crippen LogP) is 4.21. The molecule has 1 amide bonds. The van der Waals surface area contributed by atoms with Gasteiger partial charge in [0, 0.05) is 41.8 Å². The van der Waals surface area contributed by atoms with Crippen molar-refractivity contribution in [3.05, 3.63) is 63.6 Å². The molecule has 0 spiro atoms. The van der Waals surface area contributed by atoms with Crippen molar-refractivity contribution in [2.45, 2.75) is 38.9 Å². The van der Waals surface area contributed by atoms with Crippen molar-refractivity contribution in [1.82, 2.24) is 9.80 Å². The summed E-state index contributed by atoms with van der Waals surface area (Å²) in [6.07, 6.45) is -0.215. The van der Waals surface area contributed by atoms with Crippen LogP contribution in [0.5, 0.6) is 5.75 Å². The highest BCUT2D eigenvalue weighted by Crippen LogP contribution is 2.36. The van der Waals surface area contributed by atoms with Gasteiger partial charge in [0.2, 0.25) is 0 Å². The molecule has 0 aromatic heterocycles. The molecule has 180 valence electrons. The van der Waals surface area contributed by atoms with Crippen LogP contribution in [0.1, 0.15) is 25.0 Å². The Morgan fingerprint density at radius 1 is 1.06 bits per heavy atom. The molecule has 0 radical (unpaired) electrons. The number of aryl methyl sites for hydroxylation is 1. The van der Waals surface area contributed by atoms with Crippen LogP contribution in [0.4, 0.5) is 0 Å². The fourth-order valence-electron chi connectivity index (χ4n) is 3.96. The van der Waals surface area contributed by atoms with Gasteiger partial charge < -0.3 is 19.4 Å². The molecule has 1 fully saturated rings. The molecule has 0 aliphatic carbocycles. The fraction of sp³-hybridized carbons (Fsp3) is 0.435. The van der Waals surface area contributed by atoms with E-state index in [9.17, 15) is 19.1 Å². The fourth-order valence-corrected chi connectivity index (χ4v) is 4.82. The van der Waals surface area contributed by atoms with E-state index in [1.54, 1.807) is 18.2 Å². The van der Waals surface area contributed by atoms with Crippen LogP contribution >= 0.6 is 30.8 Å². The van der Waals surface area contributed by atoms with Crippen molar-refractivity contribution in [2.24, 2.45) is 0 Å². The van der Waals surface area contributed by atoms with E-state index in [1.165, 1.54) is 5.56 Å². The van der Waals surface area contributed by atoms with Gasteiger partial charge in [-0.25, -0.2) is 0 Å². The molecule has 3 rings (SSSR count). The molecule has 1 aliphatic rings. The van der Waals surface area contributed by atoms with Crippen molar-refractivity contribution in [3.8, 4) is 5.75 Å². The van der Waals surface area contributed by atoms with Crippen LogP contribution in [-0.4, -0.2) is 63.4 Å². The first kappa shape index (κ1) is 26.0. The number of amides is 1. The van der Waals surface area contributed by atoms with Crippen LogP contribution in [0, 0.1) is 0 Å². The van der Waals surface area contributed by atoms with Gasteiger partial charge in [-0.2, -0.15) is 0 Å². The van der Waals surface area contributed by atoms with Gasteiger partial charge in [0.25, 0.3) is 5.91 Å². The lowest BCUT2D eigenvalue weighted by Crippen LogP contribution is -2.58. The third kappa shape index (κ3) is 7.71. The summed E-state index contributed by atoms with van der Waals surface area (Å²) in [7, 11) is -4.16. The Bertz CT molecular complexity index is 1010. The number of piperazine rings is 1. The van der Waals surface area contributed by atoms with Crippen LogP contribution < -0.4 is 4.74 Å². The summed E-state index contributed by atoms with van der Waals surface area (Å²) in [5.41, 5.74) is 1.74. The standard InChI is InChI=1S/C23H29Cl2N2O5P/c1-16-13-27(17(2)12-26(16)14-18-3-5-20(24)6-4-18)23(28)15-32-22-8-7-21(25)11-19(22)9-10-33(29,30)31/h3-8,11,16-17H,9-10,12-15H2,1-2H3,(H2,29,30,31)/t16-,17+/m0/s1. The second-order valence-corrected chi connectivity index (χ2v) is 11.1. The molecule has 2 atom stereocenters. The second kappa shape index (κ2) is 11.2. The number of hydrogen-bond donors (Lipinski definition) is 2. The van der Waals surface area contributed by atoms with Gasteiger partial charge in [0.1, 0.15) is 5.75 Å². The van der Waals surface area contributed by atoms with E-state index < -0.39 is 7.60 Å². The van der Waals surface area contributed by atoms with Crippen molar-refractivity contribution >= 4 is 36.7 Å².